The molecule has 0 fully saturated rings. The van der Waals surface area contributed by atoms with Crippen LogP contribution < -0.4 is 16.6 Å². The van der Waals surface area contributed by atoms with Gasteiger partial charge in [0.25, 0.3) is 5.56 Å². The lowest BCUT2D eigenvalue weighted by atomic mass is 10.1. The van der Waals surface area contributed by atoms with Crippen LogP contribution in [-0.4, -0.2) is 36.9 Å². The summed E-state index contributed by atoms with van der Waals surface area (Å²) in [5, 5.41) is 2.59. The number of fused-ring (bicyclic) bond motifs is 1. The Labute approximate surface area is 178 Å². The molecule has 158 valence electrons. The van der Waals surface area contributed by atoms with Crippen molar-refractivity contribution >= 4 is 38.8 Å². The van der Waals surface area contributed by atoms with Crippen molar-refractivity contribution < 1.29 is 14.0 Å². The summed E-state index contributed by atoms with van der Waals surface area (Å²) in [6.45, 7) is 1.42. The summed E-state index contributed by atoms with van der Waals surface area (Å²) in [5.41, 5.74) is -0.383. The number of ketones is 1. The molecule has 3 aromatic rings. The van der Waals surface area contributed by atoms with Crippen molar-refractivity contribution in [3.05, 3.63) is 60.7 Å². The number of rotatable bonds is 6. The van der Waals surface area contributed by atoms with E-state index in [0.717, 1.165) is 10.6 Å². The summed E-state index contributed by atoms with van der Waals surface area (Å²) >= 11 is 3.22. The third kappa shape index (κ3) is 3.97. The Hall–Kier alpha value is -3.08. The Kier molecular flexibility index (Phi) is 6.01. The van der Waals surface area contributed by atoms with Gasteiger partial charge in [-0.1, -0.05) is 12.1 Å². The molecule has 0 spiro atoms. The molecule has 0 aliphatic rings. The van der Waals surface area contributed by atoms with E-state index in [2.05, 4.69) is 26.2 Å². The largest absolute Gasteiger partial charge is 0.356 e. The van der Waals surface area contributed by atoms with Crippen LogP contribution >= 0.6 is 15.9 Å². The number of halogens is 2. The number of carbonyl (C=O) groups is 2. The normalized spacial score (nSPS) is 11.1. The van der Waals surface area contributed by atoms with E-state index in [1.165, 1.54) is 42.3 Å². The van der Waals surface area contributed by atoms with Crippen LogP contribution in [0.2, 0.25) is 0 Å². The number of nitrogens with one attached hydrogen (secondary N) is 1. The fourth-order valence-electron chi connectivity index (χ4n) is 3.13. The highest BCUT2D eigenvalue weighted by atomic mass is 79.9. The van der Waals surface area contributed by atoms with Crippen LogP contribution in [0.5, 0.6) is 0 Å². The van der Waals surface area contributed by atoms with Gasteiger partial charge in [-0.3, -0.25) is 28.1 Å². The molecular formula is C19H19BrFN5O4. The first kappa shape index (κ1) is 21.6. The average Bonchev–Trinajstić information content (AvgIpc) is 3.02. The van der Waals surface area contributed by atoms with Crippen LogP contribution in [0.1, 0.15) is 22.8 Å². The molecule has 1 amide bonds. The van der Waals surface area contributed by atoms with Crippen LogP contribution in [-0.2, 0) is 31.9 Å². The number of carbonyl (C=O) groups excluding carboxylic acids is 2. The summed E-state index contributed by atoms with van der Waals surface area (Å²) in [6.07, 6.45) is 0.295. The molecule has 30 heavy (non-hydrogen) atoms. The van der Waals surface area contributed by atoms with Crippen molar-refractivity contribution in [2.45, 2.75) is 19.9 Å². The van der Waals surface area contributed by atoms with E-state index < -0.39 is 22.8 Å². The van der Waals surface area contributed by atoms with Gasteiger partial charge in [-0.05, 0) is 34.0 Å². The van der Waals surface area contributed by atoms with Gasteiger partial charge in [0.05, 0.1) is 6.54 Å². The Morgan fingerprint density at radius 1 is 1.20 bits per heavy atom. The van der Waals surface area contributed by atoms with Crippen molar-refractivity contribution in [3.8, 4) is 0 Å². The third-order valence-electron chi connectivity index (χ3n) is 4.74. The molecular weight excluding hydrogens is 461 g/mol. The highest BCUT2D eigenvalue weighted by Gasteiger charge is 2.20. The molecule has 0 atom stereocenters. The fourth-order valence-corrected chi connectivity index (χ4v) is 3.60. The molecule has 0 saturated heterocycles. The zero-order valence-electron chi connectivity index (χ0n) is 16.5. The van der Waals surface area contributed by atoms with Crippen molar-refractivity contribution in [2.24, 2.45) is 14.1 Å². The molecule has 11 heteroatoms. The summed E-state index contributed by atoms with van der Waals surface area (Å²) in [5.74, 6) is -1.18. The van der Waals surface area contributed by atoms with Crippen LogP contribution in [0.15, 0.2) is 32.5 Å². The minimum Gasteiger partial charge on any atom is -0.356 e. The Morgan fingerprint density at radius 2 is 1.90 bits per heavy atom. The second kappa shape index (κ2) is 8.34. The predicted molar refractivity (Wildman–Crippen MR) is 111 cm³/mol. The maximum atomic E-state index is 14.4. The first-order chi connectivity index (χ1) is 14.1. The molecule has 1 aromatic carbocycles. The minimum atomic E-state index is -0.574. The van der Waals surface area contributed by atoms with Gasteiger partial charge < -0.3 is 5.32 Å². The van der Waals surface area contributed by atoms with Gasteiger partial charge in [0.1, 0.15) is 5.82 Å². The number of amides is 1. The number of nitrogens with zero attached hydrogens (tertiary/aromatic N) is 4. The van der Waals surface area contributed by atoms with Gasteiger partial charge >= 0.3 is 5.69 Å². The van der Waals surface area contributed by atoms with E-state index in [9.17, 15) is 23.6 Å². The average molecular weight is 480 g/mol. The first-order valence-corrected chi connectivity index (χ1v) is 9.79. The van der Waals surface area contributed by atoms with Gasteiger partial charge in [0.2, 0.25) is 5.91 Å². The molecule has 3 rings (SSSR count). The number of imidazole rings is 1. The lowest BCUT2D eigenvalue weighted by Gasteiger charge is -2.10. The number of Topliss-reactive ketones (excluding diaryl/α,β-unsaturated/α-hetero) is 1. The molecule has 0 aliphatic heterocycles. The van der Waals surface area contributed by atoms with E-state index in [1.54, 1.807) is 0 Å². The maximum absolute atomic E-state index is 14.4. The molecule has 2 aromatic heterocycles. The van der Waals surface area contributed by atoms with Gasteiger partial charge in [-0.25, -0.2) is 14.2 Å². The number of benzene rings is 1. The SMILES string of the molecule is CC(=O)NCCc1ccc(C(=O)Cn2c(Br)nc3c(=O)n(C)c(=O)n(C)c32)cc1F. The van der Waals surface area contributed by atoms with Crippen LogP contribution in [0.4, 0.5) is 4.39 Å². The molecule has 0 unspecified atom stereocenters. The van der Waals surface area contributed by atoms with Gasteiger partial charge in [0, 0.05) is 33.1 Å². The Balaban J connectivity index is 1.91. The highest BCUT2D eigenvalue weighted by Crippen LogP contribution is 2.18. The monoisotopic (exact) mass is 479 g/mol. The zero-order chi connectivity index (χ0) is 22.2. The topological polar surface area (TPSA) is 108 Å². The van der Waals surface area contributed by atoms with Gasteiger partial charge in [0.15, 0.2) is 21.7 Å². The molecule has 9 nitrogen and oxygen atoms in total. The molecule has 0 bridgehead atoms. The van der Waals surface area contributed by atoms with E-state index in [-0.39, 0.29) is 40.5 Å². The summed E-state index contributed by atoms with van der Waals surface area (Å²) in [6, 6.07) is 4.13. The molecule has 0 aliphatic carbocycles. The van der Waals surface area contributed by atoms with Gasteiger partial charge in [-0.15, -0.1) is 0 Å². The summed E-state index contributed by atoms with van der Waals surface area (Å²) in [4.78, 5) is 52.4. The quantitative estimate of drug-likeness (QED) is 0.417. The van der Waals surface area contributed by atoms with Gasteiger partial charge in [-0.2, -0.15) is 0 Å². The first-order valence-electron chi connectivity index (χ1n) is 8.99. The zero-order valence-corrected chi connectivity index (χ0v) is 18.1. The number of hydrogen-bond donors (Lipinski definition) is 1. The van der Waals surface area contributed by atoms with E-state index in [0.29, 0.717) is 12.0 Å². The van der Waals surface area contributed by atoms with Crippen molar-refractivity contribution in [2.75, 3.05) is 6.54 Å². The van der Waals surface area contributed by atoms with Crippen molar-refractivity contribution in [3.63, 3.8) is 0 Å². The second-order valence-corrected chi connectivity index (χ2v) is 7.52. The standard InChI is InChI=1S/C19H19BrFN5O4/c1-10(27)22-7-6-11-4-5-12(8-13(11)21)14(28)9-26-16-15(23-18(26)20)17(29)25(3)19(30)24(16)2/h4-5,8H,6-7,9H2,1-3H3,(H,22,27). The second-order valence-electron chi connectivity index (χ2n) is 6.81. The number of aromatic nitrogens is 4. The van der Waals surface area contributed by atoms with E-state index >= 15 is 0 Å². The fraction of sp³-hybridized carbons (Fsp3) is 0.316. The molecule has 0 saturated carbocycles. The minimum absolute atomic E-state index is 0.0405. The maximum Gasteiger partial charge on any atom is 0.332 e. The van der Waals surface area contributed by atoms with Crippen LogP contribution in [0, 0.1) is 5.82 Å². The third-order valence-corrected chi connectivity index (χ3v) is 5.34. The summed E-state index contributed by atoms with van der Waals surface area (Å²) in [7, 11) is 2.82. The highest BCUT2D eigenvalue weighted by molar-refractivity contribution is 9.10. The molecule has 1 N–H and O–H groups in total. The summed E-state index contributed by atoms with van der Waals surface area (Å²) < 4.78 is 18.1. The van der Waals surface area contributed by atoms with Crippen molar-refractivity contribution in [1.82, 2.24) is 24.0 Å². The smallest absolute Gasteiger partial charge is 0.332 e. The van der Waals surface area contributed by atoms with Crippen LogP contribution in [0.3, 0.4) is 0 Å². The number of hydrogen-bond acceptors (Lipinski definition) is 5. The molecule has 0 radical (unpaired) electrons. The lowest BCUT2D eigenvalue weighted by Crippen LogP contribution is -2.37. The predicted octanol–water partition coefficient (Wildman–Crippen LogP) is 0.897. The lowest BCUT2D eigenvalue weighted by molar-refractivity contribution is -0.118. The van der Waals surface area contributed by atoms with Crippen molar-refractivity contribution in [1.29, 1.82) is 0 Å². The van der Waals surface area contributed by atoms with E-state index in [1.807, 2.05) is 0 Å². The Morgan fingerprint density at radius 3 is 2.53 bits per heavy atom. The number of aryl methyl sites for hydroxylation is 1. The molecule has 2 heterocycles. The Bertz CT molecular complexity index is 1290. The van der Waals surface area contributed by atoms with E-state index in [4.69, 9.17) is 0 Å². The van der Waals surface area contributed by atoms with Crippen LogP contribution in [0.25, 0.3) is 11.2 Å².